The van der Waals surface area contributed by atoms with Crippen LogP contribution in [0.25, 0.3) is 0 Å². The van der Waals surface area contributed by atoms with E-state index < -0.39 is 5.60 Å². The monoisotopic (exact) mass is 578 g/mol. The molecule has 0 fully saturated rings. The van der Waals surface area contributed by atoms with Gasteiger partial charge in [-0.15, -0.1) is 0 Å². The number of carbonyl (C=O) groups is 1. The Morgan fingerprint density at radius 1 is 1.08 bits per heavy atom. The third kappa shape index (κ3) is 6.11. The zero-order valence-electron chi connectivity index (χ0n) is 15.5. The smallest absolute Gasteiger partial charge is 0.314 e. The molecule has 0 bridgehead atoms. The van der Waals surface area contributed by atoms with Crippen molar-refractivity contribution in [2.75, 3.05) is 6.61 Å². The van der Waals surface area contributed by atoms with Crippen LogP contribution in [0.15, 0.2) is 42.5 Å². The fourth-order valence-corrected chi connectivity index (χ4v) is 4.85. The SMILES string of the molecule is CCOc1c(I)cc(CC(C(=O)OC(C)(C)C)c2ccccc2)cc1I. The van der Waals surface area contributed by atoms with Crippen molar-refractivity contribution >= 4 is 51.2 Å². The topological polar surface area (TPSA) is 35.5 Å². The van der Waals surface area contributed by atoms with Gasteiger partial charge in [0.15, 0.2) is 0 Å². The van der Waals surface area contributed by atoms with Crippen LogP contribution in [-0.4, -0.2) is 18.2 Å². The third-order valence-corrected chi connectivity index (χ3v) is 5.28. The van der Waals surface area contributed by atoms with Gasteiger partial charge in [0.25, 0.3) is 0 Å². The van der Waals surface area contributed by atoms with Crippen molar-refractivity contribution in [2.24, 2.45) is 0 Å². The molecule has 2 rings (SSSR count). The van der Waals surface area contributed by atoms with E-state index in [9.17, 15) is 4.79 Å². The second kappa shape index (κ2) is 9.39. The van der Waals surface area contributed by atoms with Crippen molar-refractivity contribution in [3.05, 3.63) is 60.7 Å². The van der Waals surface area contributed by atoms with Crippen molar-refractivity contribution in [1.29, 1.82) is 0 Å². The molecular formula is C21H24I2O3. The summed E-state index contributed by atoms with van der Waals surface area (Å²) in [5.41, 5.74) is 1.56. The zero-order chi connectivity index (χ0) is 19.3. The molecule has 0 aliphatic rings. The Labute approximate surface area is 183 Å². The van der Waals surface area contributed by atoms with Crippen molar-refractivity contribution in [1.82, 2.24) is 0 Å². The lowest BCUT2D eigenvalue weighted by molar-refractivity contribution is -0.156. The Morgan fingerprint density at radius 2 is 1.65 bits per heavy atom. The van der Waals surface area contributed by atoms with Crippen LogP contribution in [0, 0.1) is 7.14 Å². The van der Waals surface area contributed by atoms with Crippen molar-refractivity contribution < 1.29 is 14.3 Å². The van der Waals surface area contributed by atoms with Gasteiger partial charge in [-0.05, 0) is 103 Å². The molecule has 5 heteroatoms. The molecule has 2 aromatic rings. The summed E-state index contributed by atoms with van der Waals surface area (Å²) in [5.74, 6) is 0.383. The van der Waals surface area contributed by atoms with Gasteiger partial charge in [0.05, 0.1) is 19.7 Å². The molecule has 1 atom stereocenters. The van der Waals surface area contributed by atoms with E-state index in [0.29, 0.717) is 13.0 Å². The minimum absolute atomic E-state index is 0.192. The normalized spacial score (nSPS) is 12.5. The first-order chi connectivity index (χ1) is 12.2. The summed E-state index contributed by atoms with van der Waals surface area (Å²) in [4.78, 5) is 12.9. The quantitative estimate of drug-likeness (QED) is 0.314. The average Bonchev–Trinajstić information content (AvgIpc) is 2.55. The van der Waals surface area contributed by atoms with Crippen LogP contribution in [0.4, 0.5) is 0 Å². The van der Waals surface area contributed by atoms with Crippen molar-refractivity contribution in [3.8, 4) is 5.75 Å². The summed E-state index contributed by atoms with van der Waals surface area (Å²) in [7, 11) is 0. The third-order valence-electron chi connectivity index (χ3n) is 3.68. The number of esters is 1. The maximum absolute atomic E-state index is 12.9. The van der Waals surface area contributed by atoms with E-state index in [1.54, 1.807) is 0 Å². The molecular weight excluding hydrogens is 554 g/mol. The van der Waals surface area contributed by atoms with E-state index in [-0.39, 0.29) is 11.9 Å². The number of rotatable bonds is 6. The molecule has 0 N–H and O–H groups in total. The Morgan fingerprint density at radius 3 is 2.15 bits per heavy atom. The van der Waals surface area contributed by atoms with Gasteiger partial charge in [-0.1, -0.05) is 30.3 Å². The molecule has 0 radical (unpaired) electrons. The Kier molecular flexibility index (Phi) is 7.76. The Bertz CT molecular complexity index is 729. The van der Waals surface area contributed by atoms with Crippen LogP contribution in [-0.2, 0) is 16.0 Å². The molecule has 140 valence electrons. The summed E-state index contributed by atoms with van der Waals surface area (Å²) in [6.45, 7) is 8.31. The molecule has 0 aromatic heterocycles. The summed E-state index contributed by atoms with van der Waals surface area (Å²) >= 11 is 4.58. The van der Waals surface area contributed by atoms with Gasteiger partial charge in [-0.3, -0.25) is 4.79 Å². The lowest BCUT2D eigenvalue weighted by Crippen LogP contribution is -2.28. The largest absolute Gasteiger partial charge is 0.492 e. The minimum Gasteiger partial charge on any atom is -0.492 e. The fraction of sp³-hybridized carbons (Fsp3) is 0.381. The van der Waals surface area contributed by atoms with Gasteiger partial charge < -0.3 is 9.47 Å². The Balaban J connectivity index is 2.34. The van der Waals surface area contributed by atoms with Crippen LogP contribution < -0.4 is 4.74 Å². The first-order valence-electron chi connectivity index (χ1n) is 8.59. The lowest BCUT2D eigenvalue weighted by Gasteiger charge is -2.24. The van der Waals surface area contributed by atoms with Crippen molar-refractivity contribution in [3.63, 3.8) is 0 Å². The van der Waals surface area contributed by atoms with Crippen LogP contribution in [0.2, 0.25) is 0 Å². The Hall–Kier alpha value is -0.830. The molecule has 0 heterocycles. The first-order valence-corrected chi connectivity index (χ1v) is 10.8. The molecule has 0 saturated carbocycles. The maximum Gasteiger partial charge on any atom is 0.314 e. The first kappa shape index (κ1) is 21.5. The van der Waals surface area contributed by atoms with Crippen LogP contribution in [0.1, 0.15) is 44.7 Å². The highest BCUT2D eigenvalue weighted by Crippen LogP contribution is 2.32. The molecule has 0 spiro atoms. The lowest BCUT2D eigenvalue weighted by atomic mass is 9.92. The van der Waals surface area contributed by atoms with Crippen LogP contribution in [0.3, 0.4) is 0 Å². The van der Waals surface area contributed by atoms with Gasteiger partial charge in [0.1, 0.15) is 11.4 Å². The molecule has 0 saturated heterocycles. The number of hydrogen-bond acceptors (Lipinski definition) is 3. The summed E-state index contributed by atoms with van der Waals surface area (Å²) in [5, 5.41) is 0. The van der Waals surface area contributed by atoms with Crippen LogP contribution >= 0.6 is 45.2 Å². The molecule has 0 amide bonds. The number of hydrogen-bond donors (Lipinski definition) is 0. The van der Waals surface area contributed by atoms with Crippen molar-refractivity contribution in [2.45, 2.75) is 45.6 Å². The van der Waals surface area contributed by atoms with E-state index in [4.69, 9.17) is 9.47 Å². The molecule has 26 heavy (non-hydrogen) atoms. The molecule has 0 aliphatic carbocycles. The zero-order valence-corrected chi connectivity index (χ0v) is 19.8. The minimum atomic E-state index is -0.508. The average molecular weight is 578 g/mol. The number of halogens is 2. The molecule has 0 aliphatic heterocycles. The summed E-state index contributed by atoms with van der Waals surface area (Å²) in [6, 6.07) is 14.0. The standard InChI is InChI=1S/C21H24I2O3/c1-5-25-19-17(22)12-14(13-18(19)23)11-16(15-9-7-6-8-10-15)20(24)26-21(2,3)4/h6-10,12-13,16H,5,11H2,1-4H3. The predicted molar refractivity (Wildman–Crippen MR) is 122 cm³/mol. The fourth-order valence-electron chi connectivity index (χ4n) is 2.64. The van der Waals surface area contributed by atoms with Gasteiger partial charge in [-0.2, -0.15) is 0 Å². The van der Waals surface area contributed by atoms with Gasteiger partial charge in [0, 0.05) is 0 Å². The second-order valence-corrected chi connectivity index (χ2v) is 9.35. The van der Waals surface area contributed by atoms with Gasteiger partial charge in [-0.25, -0.2) is 0 Å². The predicted octanol–water partition coefficient (Wildman–Crippen LogP) is 5.96. The van der Waals surface area contributed by atoms with E-state index in [0.717, 1.165) is 24.0 Å². The number of carbonyl (C=O) groups excluding carboxylic acids is 1. The van der Waals surface area contributed by atoms with E-state index in [1.807, 2.05) is 58.0 Å². The molecule has 2 aromatic carbocycles. The molecule has 1 unspecified atom stereocenters. The highest BCUT2D eigenvalue weighted by molar-refractivity contribution is 14.1. The van der Waals surface area contributed by atoms with E-state index in [1.165, 1.54) is 0 Å². The molecule has 3 nitrogen and oxygen atoms in total. The van der Waals surface area contributed by atoms with Gasteiger partial charge >= 0.3 is 5.97 Å². The summed E-state index contributed by atoms with van der Waals surface area (Å²) in [6.07, 6.45) is 0.595. The highest BCUT2D eigenvalue weighted by atomic mass is 127. The second-order valence-electron chi connectivity index (χ2n) is 7.02. The van der Waals surface area contributed by atoms with E-state index >= 15 is 0 Å². The highest BCUT2D eigenvalue weighted by Gasteiger charge is 2.27. The maximum atomic E-state index is 12.9. The summed E-state index contributed by atoms with van der Waals surface area (Å²) < 4.78 is 13.5. The van der Waals surface area contributed by atoms with Crippen LogP contribution in [0.5, 0.6) is 5.75 Å². The van der Waals surface area contributed by atoms with E-state index in [2.05, 4.69) is 57.3 Å². The number of benzene rings is 2. The number of ether oxygens (including phenoxy) is 2. The van der Waals surface area contributed by atoms with Gasteiger partial charge in [0.2, 0.25) is 0 Å².